The topological polar surface area (TPSA) is 34.2 Å². The zero-order chi connectivity index (χ0) is 10.1. The van der Waals surface area contributed by atoms with Crippen molar-refractivity contribution in [3.05, 3.63) is 30.1 Å². The molecule has 0 unspecified atom stereocenters. The third kappa shape index (κ3) is 1.77. The molecule has 15 heavy (non-hydrogen) atoms. The molecule has 1 saturated heterocycles. The number of nitrogens with one attached hydrogen (secondary N) is 1. The smallest absolute Gasteiger partial charge is 0.0598 e. The number of nitrogens with zero attached hydrogens (tertiary/aromatic N) is 1. The molecule has 1 aromatic heterocycles. The summed E-state index contributed by atoms with van der Waals surface area (Å²) in [7, 11) is 0. The molecule has 0 bridgehead atoms. The fourth-order valence-corrected chi connectivity index (χ4v) is 2.02. The second-order valence-corrected chi connectivity index (χ2v) is 4.67. The van der Waals surface area contributed by atoms with Crippen LogP contribution < -0.4 is 5.32 Å². The molecule has 0 amide bonds. The summed E-state index contributed by atoms with van der Waals surface area (Å²) in [5.41, 5.74) is 1.50. The Morgan fingerprint density at radius 3 is 2.87 bits per heavy atom. The molecule has 1 N–H and O–H groups in total. The van der Waals surface area contributed by atoms with Crippen LogP contribution in [0.1, 0.15) is 18.4 Å². The van der Waals surface area contributed by atoms with Crippen LogP contribution in [-0.4, -0.2) is 30.8 Å². The molecule has 3 rings (SSSR count). The van der Waals surface area contributed by atoms with E-state index in [1.165, 1.54) is 18.4 Å². The number of ether oxygens (including phenoxy) is 1. The quantitative estimate of drug-likeness (QED) is 0.797. The highest BCUT2D eigenvalue weighted by molar-refractivity contribution is 5.25. The number of hydrogen-bond donors (Lipinski definition) is 1. The molecule has 1 aromatic rings. The molecule has 0 atom stereocenters. The first kappa shape index (κ1) is 9.31. The van der Waals surface area contributed by atoms with Gasteiger partial charge in [0.15, 0.2) is 0 Å². The van der Waals surface area contributed by atoms with Gasteiger partial charge in [0.05, 0.1) is 18.6 Å². The van der Waals surface area contributed by atoms with E-state index < -0.39 is 0 Å². The lowest BCUT2D eigenvalue weighted by Crippen LogP contribution is -2.53. The summed E-state index contributed by atoms with van der Waals surface area (Å²) in [5, 5.41) is 3.59. The number of aromatic nitrogens is 1. The Kier molecular flexibility index (Phi) is 2.22. The maximum atomic E-state index is 5.38. The predicted molar refractivity (Wildman–Crippen MR) is 57.8 cm³/mol. The van der Waals surface area contributed by atoms with Crippen LogP contribution in [0.4, 0.5) is 0 Å². The lowest BCUT2D eigenvalue weighted by molar-refractivity contribution is -0.0593. The largest absolute Gasteiger partial charge is 0.379 e. The van der Waals surface area contributed by atoms with Crippen molar-refractivity contribution in [1.29, 1.82) is 0 Å². The molecule has 3 heteroatoms. The maximum Gasteiger partial charge on any atom is 0.0598 e. The van der Waals surface area contributed by atoms with E-state index in [4.69, 9.17) is 4.74 Å². The number of hydrogen-bond acceptors (Lipinski definition) is 3. The minimum atomic E-state index is 0.191. The third-order valence-corrected chi connectivity index (χ3v) is 3.34. The minimum absolute atomic E-state index is 0.191. The molecule has 1 aliphatic heterocycles. The van der Waals surface area contributed by atoms with Crippen LogP contribution in [0.2, 0.25) is 0 Å². The summed E-state index contributed by atoms with van der Waals surface area (Å²) in [6.07, 6.45) is 6.47. The van der Waals surface area contributed by atoms with E-state index in [-0.39, 0.29) is 5.41 Å². The van der Waals surface area contributed by atoms with E-state index in [1.54, 1.807) is 0 Å². The van der Waals surface area contributed by atoms with Gasteiger partial charge in [-0.25, -0.2) is 0 Å². The van der Waals surface area contributed by atoms with Crippen LogP contribution in [0.5, 0.6) is 0 Å². The molecule has 0 radical (unpaired) electrons. The van der Waals surface area contributed by atoms with E-state index in [9.17, 15) is 0 Å². The van der Waals surface area contributed by atoms with E-state index in [0.717, 1.165) is 25.8 Å². The molecule has 2 aliphatic rings. The van der Waals surface area contributed by atoms with Gasteiger partial charge in [-0.2, -0.15) is 0 Å². The third-order valence-electron chi connectivity index (χ3n) is 3.34. The van der Waals surface area contributed by atoms with Crippen molar-refractivity contribution in [2.75, 3.05) is 19.8 Å². The van der Waals surface area contributed by atoms with Gasteiger partial charge in [-0.15, -0.1) is 0 Å². The SMILES string of the molecule is c1cncc(C2(CNC3CC3)COC2)c1. The first-order chi connectivity index (χ1) is 7.39. The van der Waals surface area contributed by atoms with Crippen molar-refractivity contribution >= 4 is 0 Å². The Labute approximate surface area is 89.9 Å². The summed E-state index contributed by atoms with van der Waals surface area (Å²) in [6.45, 7) is 2.69. The van der Waals surface area contributed by atoms with Gasteiger partial charge in [0.2, 0.25) is 0 Å². The number of rotatable bonds is 4. The molecular weight excluding hydrogens is 188 g/mol. The standard InChI is InChI=1S/C12H16N2O/c1-2-10(6-13-5-1)12(8-15-9-12)7-14-11-3-4-11/h1-2,5-6,11,14H,3-4,7-9H2. The second kappa shape index (κ2) is 3.58. The maximum absolute atomic E-state index is 5.38. The van der Waals surface area contributed by atoms with Crippen LogP contribution in [0.25, 0.3) is 0 Å². The van der Waals surface area contributed by atoms with E-state index in [2.05, 4.69) is 16.4 Å². The molecule has 1 aliphatic carbocycles. The Hall–Kier alpha value is -0.930. The highest BCUT2D eigenvalue weighted by atomic mass is 16.5. The average molecular weight is 204 g/mol. The van der Waals surface area contributed by atoms with Gasteiger partial charge < -0.3 is 10.1 Å². The lowest BCUT2D eigenvalue weighted by Gasteiger charge is -2.42. The lowest BCUT2D eigenvalue weighted by atomic mass is 9.79. The van der Waals surface area contributed by atoms with Crippen molar-refractivity contribution in [2.45, 2.75) is 24.3 Å². The second-order valence-electron chi connectivity index (χ2n) is 4.67. The predicted octanol–water partition coefficient (Wildman–Crippen LogP) is 1.10. The summed E-state index contributed by atoms with van der Waals surface area (Å²) in [4.78, 5) is 4.19. The number of pyridine rings is 1. The Morgan fingerprint density at radius 2 is 2.33 bits per heavy atom. The summed E-state index contributed by atoms with van der Waals surface area (Å²) in [5.74, 6) is 0. The normalized spacial score (nSPS) is 23.5. The highest BCUT2D eigenvalue weighted by Gasteiger charge is 2.41. The van der Waals surface area contributed by atoms with Crippen molar-refractivity contribution in [1.82, 2.24) is 10.3 Å². The molecule has 3 nitrogen and oxygen atoms in total. The Morgan fingerprint density at radius 1 is 1.47 bits per heavy atom. The van der Waals surface area contributed by atoms with Gasteiger partial charge in [-0.3, -0.25) is 4.98 Å². The Bertz CT molecular complexity index is 331. The summed E-state index contributed by atoms with van der Waals surface area (Å²) >= 11 is 0. The van der Waals surface area contributed by atoms with Crippen LogP contribution in [0.3, 0.4) is 0 Å². The first-order valence-electron chi connectivity index (χ1n) is 5.61. The summed E-state index contributed by atoms with van der Waals surface area (Å²) < 4.78 is 5.38. The van der Waals surface area contributed by atoms with Crippen molar-refractivity contribution in [3.8, 4) is 0 Å². The van der Waals surface area contributed by atoms with Gasteiger partial charge >= 0.3 is 0 Å². The first-order valence-corrected chi connectivity index (χ1v) is 5.61. The molecule has 80 valence electrons. The minimum Gasteiger partial charge on any atom is -0.379 e. The van der Waals surface area contributed by atoms with Gasteiger partial charge in [-0.1, -0.05) is 6.07 Å². The average Bonchev–Trinajstić information content (AvgIpc) is 3.02. The fourth-order valence-electron chi connectivity index (χ4n) is 2.02. The van der Waals surface area contributed by atoms with Crippen molar-refractivity contribution in [2.24, 2.45) is 0 Å². The zero-order valence-corrected chi connectivity index (χ0v) is 8.78. The van der Waals surface area contributed by atoms with Crippen LogP contribution >= 0.6 is 0 Å². The van der Waals surface area contributed by atoms with Gasteiger partial charge in [0, 0.05) is 25.0 Å². The van der Waals surface area contributed by atoms with E-state index in [0.29, 0.717) is 0 Å². The molecular formula is C12H16N2O. The molecule has 2 heterocycles. The molecule has 1 saturated carbocycles. The van der Waals surface area contributed by atoms with Crippen LogP contribution in [0.15, 0.2) is 24.5 Å². The van der Waals surface area contributed by atoms with Crippen molar-refractivity contribution < 1.29 is 4.74 Å². The summed E-state index contributed by atoms with van der Waals surface area (Å²) in [6, 6.07) is 4.93. The van der Waals surface area contributed by atoms with Gasteiger partial charge in [-0.05, 0) is 24.5 Å². The Balaban J connectivity index is 1.73. The van der Waals surface area contributed by atoms with Crippen LogP contribution in [0, 0.1) is 0 Å². The molecule has 0 aromatic carbocycles. The van der Waals surface area contributed by atoms with Gasteiger partial charge in [0.1, 0.15) is 0 Å². The van der Waals surface area contributed by atoms with E-state index >= 15 is 0 Å². The molecule has 0 spiro atoms. The molecule has 2 fully saturated rings. The highest BCUT2D eigenvalue weighted by Crippen LogP contribution is 2.32. The zero-order valence-electron chi connectivity index (χ0n) is 8.78. The monoisotopic (exact) mass is 204 g/mol. The van der Waals surface area contributed by atoms with Gasteiger partial charge in [0.25, 0.3) is 0 Å². The fraction of sp³-hybridized carbons (Fsp3) is 0.583. The van der Waals surface area contributed by atoms with Crippen LogP contribution in [-0.2, 0) is 10.2 Å². The van der Waals surface area contributed by atoms with Crippen molar-refractivity contribution in [3.63, 3.8) is 0 Å². The van der Waals surface area contributed by atoms with E-state index in [1.807, 2.05) is 18.5 Å².